The molecule has 0 unspecified atom stereocenters. The third kappa shape index (κ3) is 9.63. The summed E-state index contributed by atoms with van der Waals surface area (Å²) in [6.45, 7) is 10.5. The Morgan fingerprint density at radius 1 is 1.14 bits per heavy atom. The van der Waals surface area contributed by atoms with E-state index in [9.17, 15) is 0 Å². The molecule has 1 aromatic rings. The predicted octanol–water partition coefficient (Wildman–Crippen LogP) is 3.82. The van der Waals surface area contributed by atoms with Crippen LogP contribution in [0.25, 0.3) is 0 Å². The molecule has 1 N–H and O–H groups in total. The van der Waals surface area contributed by atoms with Gasteiger partial charge in [-0.05, 0) is 44.2 Å². The van der Waals surface area contributed by atoms with E-state index in [-0.39, 0.29) is 24.0 Å². The maximum absolute atomic E-state index is 5.97. The van der Waals surface area contributed by atoms with Gasteiger partial charge in [0.25, 0.3) is 0 Å². The number of guanidine groups is 1. The van der Waals surface area contributed by atoms with E-state index in [0.29, 0.717) is 19.3 Å². The second-order valence-electron chi connectivity index (χ2n) is 6.98. The number of benzene rings is 1. The molecule has 29 heavy (non-hydrogen) atoms. The van der Waals surface area contributed by atoms with E-state index in [0.717, 1.165) is 64.7 Å². The summed E-state index contributed by atoms with van der Waals surface area (Å²) < 4.78 is 16.6. The van der Waals surface area contributed by atoms with Gasteiger partial charge in [-0.15, -0.1) is 24.0 Å². The Kier molecular flexibility index (Phi) is 14.3. The molecule has 1 saturated heterocycles. The van der Waals surface area contributed by atoms with Crippen LogP contribution in [0.4, 0.5) is 0 Å². The van der Waals surface area contributed by atoms with Crippen molar-refractivity contribution < 1.29 is 14.2 Å². The molecular weight excluding hydrogens is 481 g/mol. The highest BCUT2D eigenvalue weighted by Crippen LogP contribution is 2.16. The molecule has 166 valence electrons. The van der Waals surface area contributed by atoms with Gasteiger partial charge >= 0.3 is 0 Å². The van der Waals surface area contributed by atoms with Crippen LogP contribution in [0.2, 0.25) is 0 Å². The quantitative estimate of drug-likeness (QED) is 0.209. The van der Waals surface area contributed by atoms with Gasteiger partial charge in [0, 0.05) is 46.6 Å². The minimum Gasteiger partial charge on any atom is -0.385 e. The van der Waals surface area contributed by atoms with Gasteiger partial charge < -0.3 is 24.4 Å². The fraction of sp³-hybridized carbons (Fsp3) is 0.682. The smallest absolute Gasteiger partial charge is 0.194 e. The SMILES string of the molecule is CCNC(=NCc1ccccc1COCC)N1CCC(OCCCOC)CC1.I. The molecule has 1 aliphatic rings. The highest BCUT2D eigenvalue weighted by Gasteiger charge is 2.21. The number of halogens is 1. The maximum Gasteiger partial charge on any atom is 0.194 e. The standard InChI is InChI=1S/C22H37N3O3.HI/c1-4-23-22(24-17-19-9-6-7-10-20(19)18-27-5-2)25-13-11-21(12-14-25)28-16-8-15-26-3;/h6-7,9-10,21H,4-5,8,11-18H2,1-3H3,(H,23,24);1H. The summed E-state index contributed by atoms with van der Waals surface area (Å²) >= 11 is 0. The van der Waals surface area contributed by atoms with Crippen molar-refractivity contribution in [3.8, 4) is 0 Å². The first-order chi connectivity index (χ1) is 13.8. The van der Waals surface area contributed by atoms with Crippen LogP contribution in [0.3, 0.4) is 0 Å². The van der Waals surface area contributed by atoms with Gasteiger partial charge in [-0.3, -0.25) is 0 Å². The first kappa shape index (κ1) is 26.1. The molecule has 7 heteroatoms. The molecule has 0 atom stereocenters. The number of methoxy groups -OCH3 is 1. The van der Waals surface area contributed by atoms with E-state index in [1.54, 1.807) is 7.11 Å². The molecule has 0 aromatic heterocycles. The van der Waals surface area contributed by atoms with Crippen LogP contribution in [0.15, 0.2) is 29.3 Å². The fourth-order valence-corrected chi connectivity index (χ4v) is 3.34. The van der Waals surface area contributed by atoms with Gasteiger partial charge in [0.2, 0.25) is 0 Å². The number of nitrogens with one attached hydrogen (secondary N) is 1. The summed E-state index contributed by atoms with van der Waals surface area (Å²) in [5, 5.41) is 3.45. The number of rotatable bonds is 11. The van der Waals surface area contributed by atoms with E-state index in [1.165, 1.54) is 11.1 Å². The van der Waals surface area contributed by atoms with Crippen molar-refractivity contribution in [2.75, 3.05) is 46.6 Å². The number of aliphatic imine (C=N–C) groups is 1. The molecular formula is C22H38IN3O3. The summed E-state index contributed by atoms with van der Waals surface area (Å²) in [5.41, 5.74) is 2.44. The minimum absolute atomic E-state index is 0. The van der Waals surface area contributed by atoms with Crippen molar-refractivity contribution in [2.24, 2.45) is 4.99 Å². The van der Waals surface area contributed by atoms with Crippen molar-refractivity contribution in [3.05, 3.63) is 35.4 Å². The van der Waals surface area contributed by atoms with E-state index in [4.69, 9.17) is 19.2 Å². The van der Waals surface area contributed by atoms with Crippen LogP contribution < -0.4 is 5.32 Å². The Hall–Kier alpha value is -0.900. The number of nitrogens with zero attached hydrogens (tertiary/aromatic N) is 2. The molecule has 1 fully saturated rings. The zero-order valence-electron chi connectivity index (χ0n) is 18.2. The highest BCUT2D eigenvalue weighted by atomic mass is 127. The second kappa shape index (κ2) is 15.9. The summed E-state index contributed by atoms with van der Waals surface area (Å²) in [4.78, 5) is 7.26. The van der Waals surface area contributed by atoms with Crippen LogP contribution >= 0.6 is 24.0 Å². The van der Waals surface area contributed by atoms with Crippen molar-refractivity contribution in [3.63, 3.8) is 0 Å². The lowest BCUT2D eigenvalue weighted by molar-refractivity contribution is 0.00990. The van der Waals surface area contributed by atoms with Crippen molar-refractivity contribution in [1.29, 1.82) is 0 Å². The largest absolute Gasteiger partial charge is 0.385 e. The zero-order valence-corrected chi connectivity index (χ0v) is 20.5. The van der Waals surface area contributed by atoms with Gasteiger partial charge in [-0.2, -0.15) is 0 Å². The molecule has 0 saturated carbocycles. The average molecular weight is 519 g/mol. The Labute approximate surface area is 193 Å². The fourth-order valence-electron chi connectivity index (χ4n) is 3.34. The van der Waals surface area contributed by atoms with E-state index in [1.807, 2.05) is 6.92 Å². The van der Waals surface area contributed by atoms with Gasteiger partial charge in [0.15, 0.2) is 5.96 Å². The third-order valence-corrected chi connectivity index (χ3v) is 4.90. The molecule has 0 aliphatic carbocycles. The van der Waals surface area contributed by atoms with E-state index < -0.39 is 0 Å². The molecule has 1 heterocycles. The van der Waals surface area contributed by atoms with Crippen LogP contribution in [0.1, 0.15) is 44.2 Å². The third-order valence-electron chi connectivity index (χ3n) is 4.90. The van der Waals surface area contributed by atoms with Crippen LogP contribution in [0, 0.1) is 0 Å². The van der Waals surface area contributed by atoms with Crippen molar-refractivity contribution in [2.45, 2.75) is 52.4 Å². The monoisotopic (exact) mass is 519 g/mol. The van der Waals surface area contributed by atoms with Crippen LogP contribution in [0.5, 0.6) is 0 Å². The Morgan fingerprint density at radius 2 is 1.86 bits per heavy atom. The van der Waals surface area contributed by atoms with Crippen LogP contribution in [-0.4, -0.2) is 63.5 Å². The summed E-state index contributed by atoms with van der Waals surface area (Å²) in [5.74, 6) is 0.992. The number of ether oxygens (including phenoxy) is 3. The molecule has 6 nitrogen and oxygen atoms in total. The normalized spacial score (nSPS) is 15.3. The molecule has 0 spiro atoms. The van der Waals surface area contributed by atoms with Crippen molar-refractivity contribution in [1.82, 2.24) is 10.2 Å². The Bertz CT molecular complexity index is 578. The lowest BCUT2D eigenvalue weighted by atomic mass is 10.1. The van der Waals surface area contributed by atoms with Gasteiger partial charge in [-0.25, -0.2) is 4.99 Å². The van der Waals surface area contributed by atoms with E-state index in [2.05, 4.69) is 41.4 Å². The van der Waals surface area contributed by atoms with Crippen LogP contribution in [-0.2, 0) is 27.4 Å². The number of hydrogen-bond acceptors (Lipinski definition) is 4. The predicted molar refractivity (Wildman–Crippen MR) is 129 cm³/mol. The first-order valence-electron chi connectivity index (χ1n) is 10.6. The summed E-state index contributed by atoms with van der Waals surface area (Å²) in [6.07, 6.45) is 3.39. The lowest BCUT2D eigenvalue weighted by Gasteiger charge is -2.34. The maximum atomic E-state index is 5.97. The van der Waals surface area contributed by atoms with E-state index >= 15 is 0 Å². The van der Waals surface area contributed by atoms with Gasteiger partial charge in [-0.1, -0.05) is 24.3 Å². The molecule has 0 bridgehead atoms. The molecule has 0 amide bonds. The highest BCUT2D eigenvalue weighted by molar-refractivity contribution is 14.0. The molecule has 2 rings (SSSR count). The second-order valence-corrected chi connectivity index (χ2v) is 6.98. The zero-order chi connectivity index (χ0) is 20.0. The minimum atomic E-state index is 0. The topological polar surface area (TPSA) is 55.3 Å². The van der Waals surface area contributed by atoms with Crippen molar-refractivity contribution >= 4 is 29.9 Å². The summed E-state index contributed by atoms with van der Waals surface area (Å²) in [7, 11) is 1.73. The number of piperidine rings is 1. The Morgan fingerprint density at radius 3 is 2.52 bits per heavy atom. The first-order valence-corrected chi connectivity index (χ1v) is 10.6. The molecule has 1 aliphatic heterocycles. The molecule has 0 radical (unpaired) electrons. The molecule has 1 aromatic carbocycles. The number of hydrogen-bond donors (Lipinski definition) is 1. The average Bonchev–Trinajstić information content (AvgIpc) is 2.74. The lowest BCUT2D eigenvalue weighted by Crippen LogP contribution is -2.47. The van der Waals surface area contributed by atoms with Gasteiger partial charge in [0.05, 0.1) is 19.3 Å². The number of likely N-dealkylation sites (tertiary alicyclic amines) is 1. The summed E-state index contributed by atoms with van der Waals surface area (Å²) in [6, 6.07) is 8.39. The Balaban J connectivity index is 0.00000420. The van der Waals surface area contributed by atoms with Gasteiger partial charge in [0.1, 0.15) is 0 Å².